The van der Waals surface area contributed by atoms with E-state index in [1.165, 1.54) is 12.1 Å². The van der Waals surface area contributed by atoms with E-state index in [-0.39, 0.29) is 12.4 Å². The molecule has 1 N–H and O–H groups in total. The number of halogens is 1. The Morgan fingerprint density at radius 3 is 2.77 bits per heavy atom. The molecule has 2 heteroatoms. The molecule has 13 heavy (non-hydrogen) atoms. The number of hydrogen-bond acceptors (Lipinski definition) is 1. The maximum Gasteiger partial charge on any atom is 0.123 e. The Kier molecular flexibility index (Phi) is 3.65. The average Bonchev–Trinajstić information content (AvgIpc) is 2.10. The fourth-order valence-electron chi connectivity index (χ4n) is 1.30. The van der Waals surface area contributed by atoms with Crippen molar-refractivity contribution in [3.05, 3.63) is 47.8 Å². The van der Waals surface area contributed by atoms with E-state index in [9.17, 15) is 4.39 Å². The summed E-state index contributed by atoms with van der Waals surface area (Å²) in [5.41, 5.74) is 1.90. The highest BCUT2D eigenvalue weighted by Gasteiger charge is 2.01. The fourth-order valence-corrected chi connectivity index (χ4v) is 1.30. The molecule has 0 aliphatic heterocycles. The van der Waals surface area contributed by atoms with Crippen molar-refractivity contribution in [3.8, 4) is 0 Å². The molecule has 70 valence electrons. The van der Waals surface area contributed by atoms with Crippen LogP contribution in [0.1, 0.15) is 11.1 Å². The van der Waals surface area contributed by atoms with Gasteiger partial charge < -0.3 is 5.11 Å². The molecule has 0 heterocycles. The van der Waals surface area contributed by atoms with E-state index < -0.39 is 0 Å². The van der Waals surface area contributed by atoms with Gasteiger partial charge in [-0.05, 0) is 36.1 Å². The molecule has 0 radical (unpaired) electrons. The van der Waals surface area contributed by atoms with Crippen LogP contribution in [0.3, 0.4) is 0 Å². The first-order chi connectivity index (χ1) is 6.27. The standard InChI is InChI=1S/C11H13FO/c1-2-3-10-8-11(12)5-4-9(10)6-7-13/h2,4-5,8,13H,1,3,6-7H2. The van der Waals surface area contributed by atoms with E-state index >= 15 is 0 Å². The molecular formula is C11H13FO. The molecule has 0 atom stereocenters. The molecule has 1 rings (SSSR count). The van der Waals surface area contributed by atoms with Crippen LogP contribution in [0.25, 0.3) is 0 Å². The highest BCUT2D eigenvalue weighted by molar-refractivity contribution is 5.29. The predicted octanol–water partition coefficient (Wildman–Crippen LogP) is 2.09. The van der Waals surface area contributed by atoms with Gasteiger partial charge in [-0.3, -0.25) is 0 Å². The summed E-state index contributed by atoms with van der Waals surface area (Å²) in [5.74, 6) is -0.237. The lowest BCUT2D eigenvalue weighted by Crippen LogP contribution is -1.97. The van der Waals surface area contributed by atoms with Gasteiger partial charge in [-0.2, -0.15) is 0 Å². The molecule has 1 aromatic carbocycles. The zero-order chi connectivity index (χ0) is 9.68. The van der Waals surface area contributed by atoms with Crippen LogP contribution in [0.2, 0.25) is 0 Å². The van der Waals surface area contributed by atoms with Gasteiger partial charge in [-0.25, -0.2) is 4.39 Å². The first-order valence-electron chi connectivity index (χ1n) is 4.27. The minimum Gasteiger partial charge on any atom is -0.396 e. The van der Waals surface area contributed by atoms with Crippen LogP contribution >= 0.6 is 0 Å². The summed E-state index contributed by atoms with van der Waals surface area (Å²) in [4.78, 5) is 0. The lowest BCUT2D eigenvalue weighted by Gasteiger charge is -2.05. The summed E-state index contributed by atoms with van der Waals surface area (Å²) in [7, 11) is 0. The van der Waals surface area contributed by atoms with Gasteiger partial charge in [0.1, 0.15) is 5.82 Å². The van der Waals surface area contributed by atoms with E-state index in [2.05, 4.69) is 6.58 Å². The van der Waals surface area contributed by atoms with Gasteiger partial charge in [0.25, 0.3) is 0 Å². The lowest BCUT2D eigenvalue weighted by atomic mass is 10.0. The van der Waals surface area contributed by atoms with Crippen molar-refractivity contribution in [1.29, 1.82) is 0 Å². The maximum atomic E-state index is 12.8. The number of allylic oxidation sites excluding steroid dienone is 1. The number of aliphatic hydroxyl groups is 1. The Hall–Kier alpha value is -1.15. The molecule has 0 aliphatic carbocycles. The van der Waals surface area contributed by atoms with Crippen molar-refractivity contribution < 1.29 is 9.50 Å². The summed E-state index contributed by atoms with van der Waals surface area (Å²) in [6.07, 6.45) is 2.95. The fraction of sp³-hybridized carbons (Fsp3) is 0.273. The third-order valence-corrected chi connectivity index (χ3v) is 1.91. The maximum absolute atomic E-state index is 12.8. The number of aliphatic hydroxyl groups excluding tert-OH is 1. The second-order valence-corrected chi connectivity index (χ2v) is 2.88. The van der Waals surface area contributed by atoms with Crippen LogP contribution < -0.4 is 0 Å². The van der Waals surface area contributed by atoms with Crippen molar-refractivity contribution in [2.45, 2.75) is 12.8 Å². The monoisotopic (exact) mass is 180 g/mol. The molecule has 0 aromatic heterocycles. The first kappa shape index (κ1) is 9.93. The molecule has 0 amide bonds. The molecule has 0 spiro atoms. The summed E-state index contributed by atoms with van der Waals surface area (Å²) in [6, 6.07) is 4.62. The smallest absolute Gasteiger partial charge is 0.123 e. The summed E-state index contributed by atoms with van der Waals surface area (Å²) in [5, 5.41) is 8.76. The Morgan fingerprint density at radius 2 is 2.15 bits per heavy atom. The van der Waals surface area contributed by atoms with Gasteiger partial charge in [0.05, 0.1) is 0 Å². The van der Waals surface area contributed by atoms with E-state index in [1.54, 1.807) is 12.1 Å². The Bertz CT molecular complexity index is 294. The van der Waals surface area contributed by atoms with Gasteiger partial charge in [-0.1, -0.05) is 12.1 Å². The summed E-state index contributed by atoms with van der Waals surface area (Å²) < 4.78 is 12.8. The normalized spacial score (nSPS) is 10.0. The Labute approximate surface area is 77.5 Å². The van der Waals surface area contributed by atoms with Crippen LogP contribution in [-0.2, 0) is 12.8 Å². The van der Waals surface area contributed by atoms with E-state index in [0.717, 1.165) is 11.1 Å². The SMILES string of the molecule is C=CCc1cc(F)ccc1CCO. The van der Waals surface area contributed by atoms with Crippen LogP contribution in [0.4, 0.5) is 4.39 Å². The van der Waals surface area contributed by atoms with Crippen molar-refractivity contribution >= 4 is 0 Å². The summed E-state index contributed by atoms with van der Waals surface area (Å²) in [6.45, 7) is 3.69. The molecule has 0 aliphatic rings. The lowest BCUT2D eigenvalue weighted by molar-refractivity contribution is 0.299. The zero-order valence-corrected chi connectivity index (χ0v) is 7.46. The number of hydrogen-bond donors (Lipinski definition) is 1. The van der Waals surface area contributed by atoms with Gasteiger partial charge in [0.2, 0.25) is 0 Å². The molecule has 0 saturated carbocycles. The molecule has 0 saturated heterocycles. The Morgan fingerprint density at radius 1 is 1.38 bits per heavy atom. The molecule has 0 bridgehead atoms. The molecule has 0 unspecified atom stereocenters. The van der Waals surface area contributed by atoms with Crippen LogP contribution in [0.15, 0.2) is 30.9 Å². The van der Waals surface area contributed by atoms with Crippen LogP contribution in [0, 0.1) is 5.82 Å². The largest absolute Gasteiger partial charge is 0.396 e. The second kappa shape index (κ2) is 4.77. The molecule has 0 fully saturated rings. The highest BCUT2D eigenvalue weighted by Crippen LogP contribution is 2.12. The topological polar surface area (TPSA) is 20.2 Å². The first-order valence-corrected chi connectivity index (χ1v) is 4.27. The van der Waals surface area contributed by atoms with Gasteiger partial charge >= 0.3 is 0 Å². The van der Waals surface area contributed by atoms with Crippen molar-refractivity contribution in [1.82, 2.24) is 0 Å². The Balaban J connectivity index is 2.95. The summed E-state index contributed by atoms with van der Waals surface area (Å²) >= 11 is 0. The average molecular weight is 180 g/mol. The van der Waals surface area contributed by atoms with E-state index in [4.69, 9.17) is 5.11 Å². The second-order valence-electron chi connectivity index (χ2n) is 2.88. The van der Waals surface area contributed by atoms with E-state index in [1.807, 2.05) is 0 Å². The third-order valence-electron chi connectivity index (χ3n) is 1.91. The van der Waals surface area contributed by atoms with Crippen LogP contribution in [-0.4, -0.2) is 11.7 Å². The van der Waals surface area contributed by atoms with Crippen molar-refractivity contribution in [2.75, 3.05) is 6.61 Å². The van der Waals surface area contributed by atoms with Gasteiger partial charge in [0.15, 0.2) is 0 Å². The van der Waals surface area contributed by atoms with Crippen molar-refractivity contribution in [2.24, 2.45) is 0 Å². The molecule has 1 nitrogen and oxygen atoms in total. The molecular weight excluding hydrogens is 167 g/mol. The van der Waals surface area contributed by atoms with Gasteiger partial charge in [-0.15, -0.1) is 6.58 Å². The highest BCUT2D eigenvalue weighted by atomic mass is 19.1. The zero-order valence-electron chi connectivity index (χ0n) is 7.46. The molecule has 1 aromatic rings. The minimum absolute atomic E-state index is 0.0930. The minimum atomic E-state index is -0.237. The van der Waals surface area contributed by atoms with E-state index in [0.29, 0.717) is 12.8 Å². The third kappa shape index (κ3) is 2.67. The quantitative estimate of drug-likeness (QED) is 0.703. The van der Waals surface area contributed by atoms with Gasteiger partial charge in [0, 0.05) is 6.61 Å². The number of rotatable bonds is 4. The van der Waals surface area contributed by atoms with Crippen molar-refractivity contribution in [3.63, 3.8) is 0 Å². The number of benzene rings is 1. The predicted molar refractivity (Wildman–Crippen MR) is 51.1 cm³/mol. The van der Waals surface area contributed by atoms with Crippen LogP contribution in [0.5, 0.6) is 0 Å².